The summed E-state index contributed by atoms with van der Waals surface area (Å²) in [7, 11) is 1.64. The number of ether oxygens (including phenoxy) is 2. The van der Waals surface area contributed by atoms with Gasteiger partial charge in [-0.2, -0.15) is 0 Å². The number of hydrogen-bond acceptors (Lipinski definition) is 7. The van der Waals surface area contributed by atoms with Crippen LogP contribution in [0.5, 0.6) is 0 Å². The first kappa shape index (κ1) is 21.1. The molecule has 0 bridgehead atoms. The Balaban J connectivity index is 1.75. The van der Waals surface area contributed by atoms with Crippen molar-refractivity contribution in [1.82, 2.24) is 14.9 Å². The smallest absolute Gasteiger partial charge is 0.259 e. The van der Waals surface area contributed by atoms with Crippen molar-refractivity contribution < 1.29 is 14.6 Å². The molecule has 2 aromatic heterocycles. The SMILES string of the molecule is C=CCOCC(O)CN(CCOC)Cc1nc2sc3c(c2c(=O)[nH]1)CCCC3. The van der Waals surface area contributed by atoms with E-state index in [-0.39, 0.29) is 12.2 Å². The van der Waals surface area contributed by atoms with Crippen molar-refractivity contribution in [2.24, 2.45) is 0 Å². The maximum Gasteiger partial charge on any atom is 0.259 e. The van der Waals surface area contributed by atoms with Crippen LogP contribution < -0.4 is 5.56 Å². The highest BCUT2D eigenvalue weighted by molar-refractivity contribution is 7.18. The van der Waals surface area contributed by atoms with Gasteiger partial charge in [-0.3, -0.25) is 9.69 Å². The number of rotatable bonds is 11. The number of hydrogen-bond donors (Lipinski definition) is 2. The minimum absolute atomic E-state index is 0.0547. The Bertz CT molecular complexity index is 848. The molecule has 0 aromatic carbocycles. The summed E-state index contributed by atoms with van der Waals surface area (Å²) in [6, 6.07) is 0. The van der Waals surface area contributed by atoms with E-state index < -0.39 is 6.10 Å². The van der Waals surface area contributed by atoms with Gasteiger partial charge >= 0.3 is 0 Å². The van der Waals surface area contributed by atoms with Crippen molar-refractivity contribution in [3.63, 3.8) is 0 Å². The fourth-order valence-corrected chi connectivity index (χ4v) is 4.87. The molecule has 1 aliphatic carbocycles. The third-order valence-corrected chi connectivity index (χ3v) is 6.06. The summed E-state index contributed by atoms with van der Waals surface area (Å²) in [6.45, 7) is 6.23. The van der Waals surface area contributed by atoms with E-state index in [1.165, 1.54) is 16.9 Å². The van der Waals surface area contributed by atoms with E-state index in [4.69, 9.17) is 14.5 Å². The zero-order chi connectivity index (χ0) is 19.9. The maximum absolute atomic E-state index is 12.7. The maximum atomic E-state index is 12.7. The molecule has 154 valence electrons. The van der Waals surface area contributed by atoms with E-state index in [1.54, 1.807) is 24.5 Å². The lowest BCUT2D eigenvalue weighted by molar-refractivity contribution is 0.0189. The number of aliphatic hydroxyl groups is 1. The molecular formula is C20H29N3O4S. The Morgan fingerprint density at radius 1 is 1.43 bits per heavy atom. The molecular weight excluding hydrogens is 378 g/mol. The standard InChI is InChI=1S/C20H29N3O4S/c1-3-9-27-13-14(24)11-23(8-10-26-2)12-17-21-19(25)18-15-6-4-5-7-16(15)28-20(18)22-17/h3,14,24H,1,4-13H2,2H3,(H,21,22,25). The highest BCUT2D eigenvalue weighted by atomic mass is 32.1. The number of aromatic amines is 1. The van der Waals surface area contributed by atoms with Gasteiger partial charge in [-0.15, -0.1) is 17.9 Å². The van der Waals surface area contributed by atoms with E-state index in [0.29, 0.717) is 38.7 Å². The van der Waals surface area contributed by atoms with Crippen molar-refractivity contribution >= 4 is 21.6 Å². The first-order chi connectivity index (χ1) is 13.6. The summed E-state index contributed by atoms with van der Waals surface area (Å²) in [5, 5.41) is 11.0. The van der Waals surface area contributed by atoms with Gasteiger partial charge in [-0.25, -0.2) is 4.98 Å². The Hall–Kier alpha value is -1.58. The average Bonchev–Trinajstić information content (AvgIpc) is 3.05. The number of H-pyrrole nitrogens is 1. The molecule has 0 radical (unpaired) electrons. The van der Waals surface area contributed by atoms with Crippen LogP contribution in [0, 0.1) is 0 Å². The lowest BCUT2D eigenvalue weighted by Crippen LogP contribution is -2.37. The van der Waals surface area contributed by atoms with Crippen LogP contribution in [0.15, 0.2) is 17.4 Å². The summed E-state index contributed by atoms with van der Waals surface area (Å²) in [4.78, 5) is 24.5. The molecule has 2 aromatic rings. The molecule has 0 fully saturated rings. The normalized spacial score (nSPS) is 15.1. The van der Waals surface area contributed by atoms with Crippen LogP contribution >= 0.6 is 11.3 Å². The first-order valence-corrected chi connectivity index (χ1v) is 10.6. The predicted octanol–water partition coefficient (Wildman–Crippen LogP) is 1.88. The largest absolute Gasteiger partial charge is 0.389 e. The zero-order valence-corrected chi connectivity index (χ0v) is 17.2. The van der Waals surface area contributed by atoms with Crippen molar-refractivity contribution in [2.75, 3.05) is 40.0 Å². The number of thiophene rings is 1. The van der Waals surface area contributed by atoms with Crippen molar-refractivity contribution in [3.8, 4) is 0 Å². The molecule has 2 heterocycles. The molecule has 0 aliphatic heterocycles. The zero-order valence-electron chi connectivity index (χ0n) is 16.4. The van der Waals surface area contributed by atoms with Gasteiger partial charge in [0.25, 0.3) is 5.56 Å². The first-order valence-electron chi connectivity index (χ1n) is 9.73. The highest BCUT2D eigenvalue weighted by Crippen LogP contribution is 2.33. The van der Waals surface area contributed by atoms with Crippen LogP contribution in [0.4, 0.5) is 0 Å². The molecule has 7 nitrogen and oxygen atoms in total. The minimum Gasteiger partial charge on any atom is -0.389 e. The molecule has 2 N–H and O–H groups in total. The summed E-state index contributed by atoms with van der Waals surface area (Å²) in [5.74, 6) is 0.617. The third kappa shape index (κ3) is 5.27. The van der Waals surface area contributed by atoms with Gasteiger partial charge in [0.05, 0.1) is 37.9 Å². The van der Waals surface area contributed by atoms with Crippen LogP contribution in [-0.2, 0) is 28.9 Å². The van der Waals surface area contributed by atoms with Crippen molar-refractivity contribution in [3.05, 3.63) is 39.3 Å². The number of aliphatic hydroxyl groups excluding tert-OH is 1. The van der Waals surface area contributed by atoms with E-state index >= 15 is 0 Å². The highest BCUT2D eigenvalue weighted by Gasteiger charge is 2.21. The second kappa shape index (κ2) is 10.3. The van der Waals surface area contributed by atoms with Gasteiger partial charge in [-0.1, -0.05) is 6.08 Å². The van der Waals surface area contributed by atoms with Crippen LogP contribution in [0.25, 0.3) is 10.2 Å². The van der Waals surface area contributed by atoms with Crippen LogP contribution in [0.1, 0.15) is 29.1 Å². The van der Waals surface area contributed by atoms with Gasteiger partial charge in [0.15, 0.2) is 0 Å². The van der Waals surface area contributed by atoms with Crippen molar-refractivity contribution in [1.29, 1.82) is 0 Å². The van der Waals surface area contributed by atoms with Crippen LogP contribution in [0.2, 0.25) is 0 Å². The Morgan fingerprint density at radius 3 is 3.04 bits per heavy atom. The molecule has 1 aliphatic rings. The predicted molar refractivity (Wildman–Crippen MR) is 111 cm³/mol. The summed E-state index contributed by atoms with van der Waals surface area (Å²) in [6.07, 6.45) is 5.34. The van der Waals surface area contributed by atoms with E-state index in [1.807, 2.05) is 4.90 Å². The van der Waals surface area contributed by atoms with E-state index in [2.05, 4.69) is 11.6 Å². The number of fused-ring (bicyclic) bond motifs is 3. The fraction of sp³-hybridized carbons (Fsp3) is 0.600. The summed E-state index contributed by atoms with van der Waals surface area (Å²) in [5.41, 5.74) is 1.14. The number of nitrogens with one attached hydrogen (secondary N) is 1. The molecule has 8 heteroatoms. The van der Waals surface area contributed by atoms with Crippen LogP contribution in [0.3, 0.4) is 0 Å². The average molecular weight is 408 g/mol. The number of nitrogens with zero attached hydrogens (tertiary/aromatic N) is 2. The lowest BCUT2D eigenvalue weighted by atomic mass is 9.97. The molecule has 1 atom stereocenters. The second-order valence-electron chi connectivity index (χ2n) is 7.11. The van der Waals surface area contributed by atoms with Gasteiger partial charge in [0.2, 0.25) is 0 Å². The summed E-state index contributed by atoms with van der Waals surface area (Å²) < 4.78 is 10.5. The fourth-order valence-electron chi connectivity index (χ4n) is 3.59. The van der Waals surface area contributed by atoms with Gasteiger partial charge in [0.1, 0.15) is 10.7 Å². The summed E-state index contributed by atoms with van der Waals surface area (Å²) >= 11 is 1.65. The third-order valence-electron chi connectivity index (χ3n) is 4.87. The van der Waals surface area contributed by atoms with Gasteiger partial charge < -0.3 is 19.6 Å². The molecule has 1 unspecified atom stereocenters. The minimum atomic E-state index is -0.638. The number of aromatic nitrogens is 2. The molecule has 28 heavy (non-hydrogen) atoms. The topological polar surface area (TPSA) is 87.7 Å². The molecule has 0 saturated carbocycles. The molecule has 0 saturated heterocycles. The number of aryl methyl sites for hydroxylation is 2. The number of methoxy groups -OCH3 is 1. The molecule has 3 rings (SSSR count). The quantitative estimate of drug-likeness (QED) is 0.437. The van der Waals surface area contributed by atoms with Crippen LogP contribution in [-0.4, -0.2) is 66.1 Å². The van der Waals surface area contributed by atoms with Gasteiger partial charge in [0, 0.05) is 25.1 Å². The monoisotopic (exact) mass is 407 g/mol. The second-order valence-corrected chi connectivity index (χ2v) is 8.20. The molecule has 0 spiro atoms. The lowest BCUT2D eigenvalue weighted by Gasteiger charge is -2.24. The van der Waals surface area contributed by atoms with Gasteiger partial charge in [-0.05, 0) is 31.2 Å². The molecule has 0 amide bonds. The Morgan fingerprint density at radius 2 is 2.25 bits per heavy atom. The Labute approximate surface area is 169 Å². The van der Waals surface area contributed by atoms with E-state index in [9.17, 15) is 9.90 Å². The van der Waals surface area contributed by atoms with E-state index in [0.717, 1.165) is 29.5 Å². The van der Waals surface area contributed by atoms with Crippen molar-refractivity contribution in [2.45, 2.75) is 38.3 Å². The Kier molecular flexibility index (Phi) is 7.75.